The zero-order chi connectivity index (χ0) is 17.2. The van der Waals surface area contributed by atoms with Crippen molar-refractivity contribution in [2.45, 2.75) is 18.2 Å². The predicted molar refractivity (Wildman–Crippen MR) is 88.5 cm³/mol. The summed E-state index contributed by atoms with van der Waals surface area (Å²) in [5.74, 6) is 0.360. The number of esters is 1. The number of nitrogens with zero attached hydrogens (tertiary/aromatic N) is 4. The van der Waals surface area contributed by atoms with Crippen LogP contribution < -0.4 is 4.90 Å². The summed E-state index contributed by atoms with van der Waals surface area (Å²) in [7, 11) is 1.37. The third kappa shape index (κ3) is 3.22. The van der Waals surface area contributed by atoms with Gasteiger partial charge in [-0.15, -0.1) is 0 Å². The second-order valence-electron chi connectivity index (χ2n) is 6.18. The van der Waals surface area contributed by atoms with Gasteiger partial charge in [0, 0.05) is 31.7 Å². The van der Waals surface area contributed by atoms with Crippen LogP contribution in [-0.4, -0.2) is 66.4 Å². The lowest BCUT2D eigenvalue weighted by molar-refractivity contribution is -0.00461. The van der Waals surface area contributed by atoms with Crippen molar-refractivity contribution < 1.29 is 19.0 Å². The zero-order valence-electron chi connectivity index (χ0n) is 13.9. The fraction of sp³-hybridized carbons (Fsp3) is 0.471. The third-order valence-electron chi connectivity index (χ3n) is 4.61. The van der Waals surface area contributed by atoms with Gasteiger partial charge < -0.3 is 19.1 Å². The van der Waals surface area contributed by atoms with Crippen LogP contribution in [0.25, 0.3) is 0 Å². The van der Waals surface area contributed by atoms with Crippen molar-refractivity contribution in [1.82, 2.24) is 14.8 Å². The second kappa shape index (κ2) is 6.81. The van der Waals surface area contributed by atoms with E-state index in [2.05, 4.69) is 15.0 Å². The molecule has 2 aliphatic rings. The summed E-state index contributed by atoms with van der Waals surface area (Å²) in [6.45, 7) is 2.47. The molecule has 8 heteroatoms. The molecular formula is C17H20N4O4. The van der Waals surface area contributed by atoms with E-state index < -0.39 is 0 Å². The molecule has 2 fully saturated rings. The number of fused-ring (bicyclic) bond motifs is 1. The summed E-state index contributed by atoms with van der Waals surface area (Å²) < 4.78 is 18.8. The van der Waals surface area contributed by atoms with E-state index in [1.165, 1.54) is 7.11 Å². The molecule has 0 bridgehead atoms. The highest BCUT2D eigenvalue weighted by atomic mass is 16.6. The second-order valence-corrected chi connectivity index (χ2v) is 6.18. The standard InChI is InChI=1S/C17H20N4O4/c1-23-17(22)12-3-5-18-16(7-12)20-8-14-15(9-20)25-11-13(10-24-14)21-6-2-4-19-21/h2-7,13-15H,8-11H2,1H3/t14-,15-/m0/s1. The first-order valence-electron chi connectivity index (χ1n) is 8.26. The molecule has 8 nitrogen and oxygen atoms in total. The van der Waals surface area contributed by atoms with E-state index in [9.17, 15) is 4.79 Å². The summed E-state index contributed by atoms with van der Waals surface area (Å²) >= 11 is 0. The highest BCUT2D eigenvalue weighted by molar-refractivity contribution is 5.90. The molecule has 0 spiro atoms. The molecule has 0 saturated carbocycles. The zero-order valence-corrected chi connectivity index (χ0v) is 13.9. The summed E-state index contributed by atoms with van der Waals surface area (Å²) in [6, 6.07) is 5.37. The Hall–Kier alpha value is -2.45. The lowest BCUT2D eigenvalue weighted by atomic mass is 10.2. The number of hydrogen-bond donors (Lipinski definition) is 0. The summed E-state index contributed by atoms with van der Waals surface area (Å²) in [6.07, 6.45) is 5.25. The maximum absolute atomic E-state index is 11.7. The molecule has 132 valence electrons. The van der Waals surface area contributed by atoms with Gasteiger partial charge >= 0.3 is 5.97 Å². The molecule has 2 aromatic heterocycles. The van der Waals surface area contributed by atoms with E-state index in [0.29, 0.717) is 31.9 Å². The van der Waals surface area contributed by atoms with Gasteiger partial charge in [0.1, 0.15) is 18.0 Å². The Morgan fingerprint density at radius 1 is 1.24 bits per heavy atom. The molecule has 25 heavy (non-hydrogen) atoms. The van der Waals surface area contributed by atoms with Gasteiger partial charge in [-0.3, -0.25) is 4.68 Å². The molecule has 0 aliphatic carbocycles. The lowest BCUT2D eigenvalue weighted by Crippen LogP contribution is -2.27. The first kappa shape index (κ1) is 16.0. The SMILES string of the molecule is COC(=O)c1ccnc(N2C[C@@H]3OCC(n4cccn4)CO[C@H]3C2)c1. The van der Waals surface area contributed by atoms with Crippen LogP contribution in [0.3, 0.4) is 0 Å². The molecule has 2 aliphatic heterocycles. The normalized spacial score (nSPS) is 24.0. The number of methoxy groups -OCH3 is 1. The van der Waals surface area contributed by atoms with Crippen LogP contribution in [0.4, 0.5) is 5.82 Å². The number of ether oxygens (including phenoxy) is 3. The van der Waals surface area contributed by atoms with E-state index in [1.807, 2.05) is 16.9 Å². The molecular weight excluding hydrogens is 324 g/mol. The van der Waals surface area contributed by atoms with E-state index in [-0.39, 0.29) is 24.2 Å². The van der Waals surface area contributed by atoms with E-state index >= 15 is 0 Å². The first-order valence-corrected chi connectivity index (χ1v) is 8.26. The van der Waals surface area contributed by atoms with E-state index in [4.69, 9.17) is 14.2 Å². The number of aromatic nitrogens is 3. The number of carbonyl (C=O) groups is 1. The maximum Gasteiger partial charge on any atom is 0.338 e. The van der Waals surface area contributed by atoms with Crippen LogP contribution >= 0.6 is 0 Å². The van der Waals surface area contributed by atoms with Gasteiger partial charge in [0.15, 0.2) is 0 Å². The minimum absolute atomic E-state index is 0.0239. The van der Waals surface area contributed by atoms with Crippen LogP contribution in [0.2, 0.25) is 0 Å². The average molecular weight is 344 g/mol. The molecule has 0 aromatic carbocycles. The predicted octanol–water partition coefficient (Wildman–Crippen LogP) is 0.910. The van der Waals surface area contributed by atoms with Crippen molar-refractivity contribution in [3.05, 3.63) is 42.4 Å². The minimum Gasteiger partial charge on any atom is -0.465 e. The van der Waals surface area contributed by atoms with Crippen LogP contribution in [0, 0.1) is 0 Å². The fourth-order valence-corrected chi connectivity index (χ4v) is 3.25. The summed E-state index contributed by atoms with van der Waals surface area (Å²) in [5.41, 5.74) is 0.486. The monoisotopic (exact) mass is 344 g/mol. The number of hydrogen-bond acceptors (Lipinski definition) is 7. The van der Waals surface area contributed by atoms with Gasteiger partial charge in [0.25, 0.3) is 0 Å². The highest BCUT2D eigenvalue weighted by Crippen LogP contribution is 2.27. The number of anilines is 1. The Morgan fingerprint density at radius 3 is 2.64 bits per heavy atom. The van der Waals surface area contributed by atoms with Crippen molar-refractivity contribution in [1.29, 1.82) is 0 Å². The van der Waals surface area contributed by atoms with Gasteiger partial charge in [-0.05, 0) is 18.2 Å². The largest absolute Gasteiger partial charge is 0.465 e. The van der Waals surface area contributed by atoms with Gasteiger partial charge in [-0.25, -0.2) is 9.78 Å². The maximum atomic E-state index is 11.7. The van der Waals surface area contributed by atoms with Gasteiger partial charge in [-0.2, -0.15) is 5.10 Å². The topological polar surface area (TPSA) is 78.7 Å². The Kier molecular flexibility index (Phi) is 4.37. The van der Waals surface area contributed by atoms with Crippen molar-refractivity contribution in [3.8, 4) is 0 Å². The van der Waals surface area contributed by atoms with Crippen molar-refractivity contribution in [3.63, 3.8) is 0 Å². The van der Waals surface area contributed by atoms with Crippen LogP contribution in [0.5, 0.6) is 0 Å². The smallest absolute Gasteiger partial charge is 0.338 e. The van der Waals surface area contributed by atoms with E-state index in [1.54, 1.807) is 24.5 Å². The molecule has 0 radical (unpaired) electrons. The Labute approximate surface area is 145 Å². The van der Waals surface area contributed by atoms with Crippen molar-refractivity contribution in [2.24, 2.45) is 0 Å². The minimum atomic E-state index is -0.369. The number of rotatable bonds is 3. The van der Waals surface area contributed by atoms with Crippen LogP contribution in [-0.2, 0) is 14.2 Å². The first-order chi connectivity index (χ1) is 12.2. The van der Waals surface area contributed by atoms with Gasteiger partial charge in [0.2, 0.25) is 0 Å². The number of pyridine rings is 1. The van der Waals surface area contributed by atoms with Gasteiger partial charge in [0.05, 0.1) is 31.9 Å². The van der Waals surface area contributed by atoms with Crippen molar-refractivity contribution >= 4 is 11.8 Å². The Morgan fingerprint density at radius 2 is 2.00 bits per heavy atom. The van der Waals surface area contributed by atoms with Gasteiger partial charge in [-0.1, -0.05) is 0 Å². The third-order valence-corrected chi connectivity index (χ3v) is 4.61. The summed E-state index contributed by atoms with van der Waals surface area (Å²) in [5, 5.41) is 4.26. The van der Waals surface area contributed by atoms with Crippen LogP contribution in [0.15, 0.2) is 36.8 Å². The van der Waals surface area contributed by atoms with E-state index in [0.717, 1.165) is 5.82 Å². The molecule has 0 amide bonds. The number of carbonyl (C=O) groups excluding carboxylic acids is 1. The molecule has 4 rings (SSSR count). The Bertz CT molecular complexity index is 720. The lowest BCUT2D eigenvalue weighted by Gasteiger charge is -2.19. The molecule has 2 aromatic rings. The molecule has 0 N–H and O–H groups in total. The fourth-order valence-electron chi connectivity index (χ4n) is 3.25. The quantitative estimate of drug-likeness (QED) is 0.766. The highest BCUT2D eigenvalue weighted by Gasteiger charge is 2.38. The Balaban J connectivity index is 1.44. The molecule has 4 heterocycles. The summed E-state index contributed by atoms with van der Waals surface area (Å²) in [4.78, 5) is 18.1. The van der Waals surface area contributed by atoms with Crippen LogP contribution in [0.1, 0.15) is 16.4 Å². The van der Waals surface area contributed by atoms with Crippen molar-refractivity contribution in [2.75, 3.05) is 38.3 Å². The molecule has 0 unspecified atom stereocenters. The molecule has 2 saturated heterocycles. The average Bonchev–Trinajstić information content (AvgIpc) is 3.28. The molecule has 2 atom stereocenters.